The molecule has 7 heteroatoms. The molecular weight excluding hydrogens is 297 g/mol. The van der Waals surface area contributed by atoms with Crippen LogP contribution in [0.3, 0.4) is 0 Å². The third-order valence-electron chi connectivity index (χ3n) is 2.87. The molecular formula is C14H14FNO4S. The van der Waals surface area contributed by atoms with Crippen molar-refractivity contribution in [2.24, 2.45) is 0 Å². The van der Waals surface area contributed by atoms with Crippen LogP contribution in [0.4, 0.5) is 4.39 Å². The average molecular weight is 311 g/mol. The Labute approximate surface area is 124 Å². The Morgan fingerprint density at radius 3 is 2.76 bits per heavy atom. The minimum absolute atomic E-state index is 0.180. The molecule has 0 spiro atoms. The number of fused-ring (bicyclic) bond motifs is 1. The van der Waals surface area contributed by atoms with Crippen molar-refractivity contribution in [2.75, 3.05) is 6.54 Å². The summed E-state index contributed by atoms with van der Waals surface area (Å²) in [7, 11) is 0. The maximum absolute atomic E-state index is 13.1. The van der Waals surface area contributed by atoms with Gasteiger partial charge in [0.05, 0.1) is 16.9 Å². The first-order valence-corrected chi connectivity index (χ1v) is 7.00. The molecule has 1 atom stereocenters. The van der Waals surface area contributed by atoms with Crippen LogP contribution < -0.4 is 5.32 Å². The predicted octanol–water partition coefficient (Wildman–Crippen LogP) is 2.00. The molecule has 5 nitrogen and oxygen atoms in total. The summed E-state index contributed by atoms with van der Waals surface area (Å²) in [5, 5.41) is 21.7. The summed E-state index contributed by atoms with van der Waals surface area (Å²) in [6, 6.07) is 5.87. The van der Waals surface area contributed by atoms with E-state index in [1.807, 2.05) is 0 Å². The van der Waals surface area contributed by atoms with Gasteiger partial charge in [0.25, 0.3) is 5.91 Å². The summed E-state index contributed by atoms with van der Waals surface area (Å²) in [6.45, 7) is 1.16. The van der Waals surface area contributed by atoms with Crippen molar-refractivity contribution in [1.29, 1.82) is 0 Å². The molecule has 3 N–H and O–H groups in total. The molecule has 0 saturated heterocycles. The van der Waals surface area contributed by atoms with Crippen molar-refractivity contribution in [3.63, 3.8) is 0 Å². The van der Waals surface area contributed by atoms with E-state index in [0.29, 0.717) is 9.58 Å². The Morgan fingerprint density at radius 1 is 1.38 bits per heavy atom. The van der Waals surface area contributed by atoms with Gasteiger partial charge < -0.3 is 15.5 Å². The second-order valence-corrected chi connectivity index (χ2v) is 6.13. The smallest absolute Gasteiger partial charge is 0.306 e. The Bertz CT molecular complexity index is 695. The average Bonchev–Trinajstić information content (AvgIpc) is 2.77. The van der Waals surface area contributed by atoms with Crippen LogP contribution in [0.15, 0.2) is 24.3 Å². The highest BCUT2D eigenvalue weighted by Crippen LogP contribution is 2.26. The van der Waals surface area contributed by atoms with E-state index >= 15 is 0 Å². The second-order valence-electron chi connectivity index (χ2n) is 5.04. The number of halogens is 1. The maximum Gasteiger partial charge on any atom is 0.306 e. The Hall–Kier alpha value is -1.99. The number of aliphatic carboxylic acids is 1. The number of carbonyl (C=O) groups excluding carboxylic acids is 1. The fourth-order valence-corrected chi connectivity index (χ4v) is 2.87. The molecule has 0 aliphatic heterocycles. The number of benzene rings is 1. The second kappa shape index (κ2) is 5.79. The van der Waals surface area contributed by atoms with Crippen LogP contribution in [-0.4, -0.2) is 34.2 Å². The van der Waals surface area contributed by atoms with Gasteiger partial charge in [0.2, 0.25) is 0 Å². The van der Waals surface area contributed by atoms with Crippen LogP contribution in [-0.2, 0) is 4.79 Å². The molecule has 0 aliphatic carbocycles. The number of nitrogens with one attached hydrogen (secondary N) is 1. The fourth-order valence-electron chi connectivity index (χ4n) is 1.86. The lowest BCUT2D eigenvalue weighted by Crippen LogP contribution is -2.41. The zero-order valence-corrected chi connectivity index (χ0v) is 12.0. The quantitative estimate of drug-likeness (QED) is 0.788. The van der Waals surface area contributed by atoms with Gasteiger partial charge in [-0.15, -0.1) is 11.3 Å². The van der Waals surface area contributed by atoms with Gasteiger partial charge >= 0.3 is 5.97 Å². The lowest BCUT2D eigenvalue weighted by molar-refractivity contribution is -0.141. The number of carbonyl (C=O) groups is 2. The molecule has 2 aromatic rings. The maximum atomic E-state index is 13.1. The molecule has 0 bridgehead atoms. The van der Waals surface area contributed by atoms with Crippen molar-refractivity contribution < 1.29 is 24.2 Å². The monoisotopic (exact) mass is 311 g/mol. The van der Waals surface area contributed by atoms with Crippen LogP contribution >= 0.6 is 11.3 Å². The SMILES string of the molecule is CC(O)(CNC(=O)c1cc2ccc(F)cc2s1)CC(=O)O. The van der Waals surface area contributed by atoms with E-state index in [1.165, 1.54) is 19.1 Å². The molecule has 112 valence electrons. The van der Waals surface area contributed by atoms with E-state index in [2.05, 4.69) is 5.32 Å². The number of carboxylic acid groups (broad SMARTS) is 1. The lowest BCUT2D eigenvalue weighted by atomic mass is 10.0. The van der Waals surface area contributed by atoms with Gasteiger partial charge in [-0.1, -0.05) is 6.07 Å². The first kappa shape index (κ1) is 15.4. The number of aliphatic hydroxyl groups is 1. The normalized spacial score (nSPS) is 13.9. The summed E-state index contributed by atoms with van der Waals surface area (Å²) >= 11 is 1.13. The van der Waals surface area contributed by atoms with Gasteiger partial charge in [0, 0.05) is 11.2 Å². The van der Waals surface area contributed by atoms with E-state index in [-0.39, 0.29) is 12.4 Å². The molecule has 1 heterocycles. The summed E-state index contributed by atoms with van der Waals surface area (Å²) in [6.07, 6.45) is -0.467. The van der Waals surface area contributed by atoms with Gasteiger partial charge in [-0.2, -0.15) is 0 Å². The van der Waals surface area contributed by atoms with E-state index in [0.717, 1.165) is 16.7 Å². The van der Waals surface area contributed by atoms with Crippen LogP contribution in [0.2, 0.25) is 0 Å². The van der Waals surface area contributed by atoms with E-state index < -0.39 is 23.9 Å². The number of hydrogen-bond donors (Lipinski definition) is 3. The topological polar surface area (TPSA) is 86.6 Å². The number of carboxylic acids is 1. The minimum Gasteiger partial charge on any atom is -0.481 e. The minimum atomic E-state index is -1.52. The van der Waals surface area contributed by atoms with Gasteiger partial charge in [-0.05, 0) is 30.5 Å². The Balaban J connectivity index is 2.07. The molecule has 0 saturated carbocycles. The fraction of sp³-hybridized carbons (Fsp3) is 0.286. The summed E-state index contributed by atoms with van der Waals surface area (Å²) in [5.41, 5.74) is -1.52. The van der Waals surface area contributed by atoms with Crippen LogP contribution in [0, 0.1) is 5.82 Å². The van der Waals surface area contributed by atoms with Crippen LogP contribution in [0.5, 0.6) is 0 Å². The molecule has 1 aromatic carbocycles. The molecule has 1 unspecified atom stereocenters. The number of thiophene rings is 1. The van der Waals surface area contributed by atoms with Gasteiger partial charge in [-0.25, -0.2) is 4.39 Å². The Morgan fingerprint density at radius 2 is 2.10 bits per heavy atom. The van der Waals surface area contributed by atoms with Crippen molar-refractivity contribution >= 4 is 33.3 Å². The molecule has 0 fully saturated rings. The van der Waals surface area contributed by atoms with Crippen molar-refractivity contribution in [3.05, 3.63) is 35.0 Å². The van der Waals surface area contributed by atoms with Crippen molar-refractivity contribution in [2.45, 2.75) is 18.9 Å². The molecule has 0 radical (unpaired) electrons. The molecule has 1 aromatic heterocycles. The Kier molecular flexibility index (Phi) is 4.24. The number of hydrogen-bond acceptors (Lipinski definition) is 4. The van der Waals surface area contributed by atoms with E-state index in [1.54, 1.807) is 12.1 Å². The van der Waals surface area contributed by atoms with Crippen molar-refractivity contribution in [1.82, 2.24) is 5.32 Å². The zero-order chi connectivity index (χ0) is 15.6. The van der Waals surface area contributed by atoms with Crippen molar-refractivity contribution in [3.8, 4) is 0 Å². The predicted molar refractivity (Wildman–Crippen MR) is 77.0 cm³/mol. The molecule has 2 rings (SSSR count). The number of rotatable bonds is 5. The first-order valence-electron chi connectivity index (χ1n) is 6.18. The zero-order valence-electron chi connectivity index (χ0n) is 11.2. The van der Waals surface area contributed by atoms with Crippen LogP contribution in [0.1, 0.15) is 23.0 Å². The van der Waals surface area contributed by atoms with Gasteiger partial charge in [0.1, 0.15) is 5.82 Å². The van der Waals surface area contributed by atoms with Crippen LogP contribution in [0.25, 0.3) is 10.1 Å². The van der Waals surface area contributed by atoms with Gasteiger partial charge in [-0.3, -0.25) is 9.59 Å². The largest absolute Gasteiger partial charge is 0.481 e. The molecule has 1 amide bonds. The third kappa shape index (κ3) is 3.99. The third-order valence-corrected chi connectivity index (χ3v) is 3.96. The first-order chi connectivity index (χ1) is 9.77. The highest BCUT2D eigenvalue weighted by molar-refractivity contribution is 7.20. The summed E-state index contributed by atoms with van der Waals surface area (Å²) in [5.74, 6) is -1.95. The highest BCUT2D eigenvalue weighted by atomic mass is 32.1. The molecule has 0 aliphatic rings. The van der Waals surface area contributed by atoms with E-state index in [4.69, 9.17) is 5.11 Å². The van der Waals surface area contributed by atoms with E-state index in [9.17, 15) is 19.1 Å². The summed E-state index contributed by atoms with van der Waals surface area (Å²) in [4.78, 5) is 22.9. The number of amides is 1. The standard InChI is InChI=1S/C14H14FNO4S/c1-14(20,6-12(17)18)7-16-13(19)11-4-8-2-3-9(15)5-10(8)21-11/h2-5,20H,6-7H2,1H3,(H,16,19)(H,17,18). The summed E-state index contributed by atoms with van der Waals surface area (Å²) < 4.78 is 13.7. The van der Waals surface area contributed by atoms with Gasteiger partial charge in [0.15, 0.2) is 0 Å². The molecule has 21 heavy (non-hydrogen) atoms. The lowest BCUT2D eigenvalue weighted by Gasteiger charge is -2.21. The highest BCUT2D eigenvalue weighted by Gasteiger charge is 2.25.